The van der Waals surface area contributed by atoms with Gasteiger partial charge >= 0.3 is 0 Å². The summed E-state index contributed by atoms with van der Waals surface area (Å²) in [7, 11) is 1.66. The average Bonchev–Trinajstić information content (AvgIpc) is 2.95. The Morgan fingerprint density at radius 3 is 3.05 bits per heavy atom. The molecule has 2 rings (SSSR count). The van der Waals surface area contributed by atoms with E-state index in [0.29, 0.717) is 25.6 Å². The standard InChI is InChI=1S/C16H26N2O2S/c1-13-5-3-7-16(17,11-13)15(19)18(8-9-20-2)12-14-6-4-10-21-14/h4,6,10,13H,3,5,7-9,11-12,17H2,1-2H3. The third-order valence-electron chi connectivity index (χ3n) is 4.24. The van der Waals surface area contributed by atoms with Gasteiger partial charge in [0.05, 0.1) is 18.7 Å². The second-order valence-electron chi connectivity index (χ2n) is 6.16. The van der Waals surface area contributed by atoms with Crippen LogP contribution in [0.1, 0.15) is 37.5 Å². The van der Waals surface area contributed by atoms with E-state index in [-0.39, 0.29) is 5.91 Å². The highest BCUT2D eigenvalue weighted by atomic mass is 32.1. The Balaban J connectivity index is 2.08. The molecule has 2 N–H and O–H groups in total. The molecule has 1 saturated carbocycles. The number of ether oxygens (including phenoxy) is 1. The molecule has 0 aromatic carbocycles. The lowest BCUT2D eigenvalue weighted by Crippen LogP contribution is -2.57. The second kappa shape index (κ2) is 7.38. The van der Waals surface area contributed by atoms with Crippen LogP contribution in [-0.2, 0) is 16.1 Å². The van der Waals surface area contributed by atoms with Crippen LogP contribution in [0.5, 0.6) is 0 Å². The van der Waals surface area contributed by atoms with E-state index in [2.05, 4.69) is 13.0 Å². The molecule has 0 radical (unpaired) electrons. The van der Waals surface area contributed by atoms with E-state index in [1.54, 1.807) is 18.4 Å². The number of thiophene rings is 1. The predicted octanol–water partition coefficient (Wildman–Crippen LogP) is 2.63. The summed E-state index contributed by atoms with van der Waals surface area (Å²) >= 11 is 1.67. The van der Waals surface area contributed by atoms with Gasteiger partial charge in [0, 0.05) is 18.5 Å². The van der Waals surface area contributed by atoms with Crippen LogP contribution in [0.2, 0.25) is 0 Å². The lowest BCUT2D eigenvalue weighted by atomic mass is 9.76. The van der Waals surface area contributed by atoms with Crippen molar-refractivity contribution >= 4 is 17.2 Å². The van der Waals surface area contributed by atoms with Gasteiger partial charge in [-0.3, -0.25) is 4.79 Å². The van der Waals surface area contributed by atoms with E-state index in [0.717, 1.165) is 19.3 Å². The number of hydrogen-bond acceptors (Lipinski definition) is 4. The quantitative estimate of drug-likeness (QED) is 0.879. The van der Waals surface area contributed by atoms with E-state index < -0.39 is 5.54 Å². The van der Waals surface area contributed by atoms with Crippen molar-refractivity contribution in [1.82, 2.24) is 4.90 Å². The molecule has 0 aliphatic heterocycles. The summed E-state index contributed by atoms with van der Waals surface area (Å²) in [5.74, 6) is 0.609. The SMILES string of the molecule is COCCN(Cc1cccs1)C(=O)C1(N)CCCC(C)C1. The molecule has 0 saturated heterocycles. The second-order valence-corrected chi connectivity index (χ2v) is 7.19. The number of methoxy groups -OCH3 is 1. The first kappa shape index (κ1) is 16.5. The van der Waals surface area contributed by atoms with Crippen molar-refractivity contribution < 1.29 is 9.53 Å². The van der Waals surface area contributed by atoms with E-state index >= 15 is 0 Å². The first-order chi connectivity index (χ1) is 10.0. The smallest absolute Gasteiger partial charge is 0.243 e. The fourth-order valence-electron chi connectivity index (χ4n) is 3.15. The predicted molar refractivity (Wildman–Crippen MR) is 86.2 cm³/mol. The van der Waals surface area contributed by atoms with Gasteiger partial charge in [-0.25, -0.2) is 0 Å². The maximum Gasteiger partial charge on any atom is 0.243 e. The number of amides is 1. The molecule has 0 spiro atoms. The minimum atomic E-state index is -0.692. The maximum absolute atomic E-state index is 12.9. The van der Waals surface area contributed by atoms with Gasteiger partial charge in [0.1, 0.15) is 0 Å². The van der Waals surface area contributed by atoms with Gasteiger partial charge < -0.3 is 15.4 Å². The first-order valence-electron chi connectivity index (χ1n) is 7.65. The van der Waals surface area contributed by atoms with Gasteiger partial charge in [0.15, 0.2) is 0 Å². The number of rotatable bonds is 6. The summed E-state index contributed by atoms with van der Waals surface area (Å²) in [5.41, 5.74) is 5.77. The minimum Gasteiger partial charge on any atom is -0.383 e. The maximum atomic E-state index is 12.9. The van der Waals surface area contributed by atoms with E-state index in [4.69, 9.17) is 10.5 Å². The molecule has 21 heavy (non-hydrogen) atoms. The van der Waals surface area contributed by atoms with Crippen molar-refractivity contribution in [2.24, 2.45) is 11.7 Å². The topological polar surface area (TPSA) is 55.6 Å². The highest BCUT2D eigenvalue weighted by Crippen LogP contribution is 2.32. The monoisotopic (exact) mass is 310 g/mol. The van der Waals surface area contributed by atoms with Crippen molar-refractivity contribution in [2.45, 2.75) is 44.7 Å². The van der Waals surface area contributed by atoms with Crippen molar-refractivity contribution in [1.29, 1.82) is 0 Å². The Kier molecular flexibility index (Phi) is 5.79. The third-order valence-corrected chi connectivity index (χ3v) is 5.10. The molecule has 1 heterocycles. The molecule has 5 heteroatoms. The highest BCUT2D eigenvalue weighted by Gasteiger charge is 2.40. The van der Waals surface area contributed by atoms with Crippen LogP contribution in [0.3, 0.4) is 0 Å². The van der Waals surface area contributed by atoms with Crippen LogP contribution < -0.4 is 5.73 Å². The van der Waals surface area contributed by atoms with Gasteiger partial charge in [0.2, 0.25) is 5.91 Å². The molecule has 1 amide bonds. The van der Waals surface area contributed by atoms with E-state index in [1.165, 1.54) is 11.3 Å². The molecule has 2 atom stereocenters. The van der Waals surface area contributed by atoms with Gasteiger partial charge in [-0.15, -0.1) is 11.3 Å². The van der Waals surface area contributed by atoms with Crippen LogP contribution >= 0.6 is 11.3 Å². The molecular formula is C16H26N2O2S. The Morgan fingerprint density at radius 1 is 1.62 bits per heavy atom. The Bertz CT molecular complexity index is 449. The molecule has 118 valence electrons. The average molecular weight is 310 g/mol. The third kappa shape index (κ3) is 4.28. The summed E-state index contributed by atoms with van der Waals surface area (Å²) in [6.07, 6.45) is 3.81. The van der Waals surface area contributed by atoms with E-state index in [9.17, 15) is 4.79 Å². The lowest BCUT2D eigenvalue weighted by Gasteiger charge is -2.39. The van der Waals surface area contributed by atoms with Crippen molar-refractivity contribution in [2.75, 3.05) is 20.3 Å². The summed E-state index contributed by atoms with van der Waals surface area (Å²) in [4.78, 5) is 16.0. The molecule has 1 aromatic heterocycles. The first-order valence-corrected chi connectivity index (χ1v) is 8.53. The zero-order valence-electron chi connectivity index (χ0n) is 13.0. The van der Waals surface area contributed by atoms with Gasteiger partial charge in [-0.05, 0) is 30.2 Å². The summed E-state index contributed by atoms with van der Waals surface area (Å²) in [5, 5.41) is 2.04. The Hall–Kier alpha value is -0.910. The van der Waals surface area contributed by atoms with E-state index in [1.807, 2.05) is 16.3 Å². The summed E-state index contributed by atoms with van der Waals surface area (Å²) < 4.78 is 5.15. The number of hydrogen-bond donors (Lipinski definition) is 1. The van der Waals surface area contributed by atoms with Gasteiger partial charge in [-0.2, -0.15) is 0 Å². The molecular weight excluding hydrogens is 284 g/mol. The normalized spacial score (nSPS) is 25.8. The van der Waals surface area contributed by atoms with Crippen molar-refractivity contribution in [3.05, 3.63) is 22.4 Å². The number of carbonyl (C=O) groups excluding carboxylic acids is 1. The molecule has 1 aromatic rings. The summed E-state index contributed by atoms with van der Waals surface area (Å²) in [6.45, 7) is 3.96. The molecule has 2 unspecified atom stereocenters. The van der Waals surface area contributed by atoms with Crippen LogP contribution in [0.4, 0.5) is 0 Å². The van der Waals surface area contributed by atoms with Crippen molar-refractivity contribution in [3.63, 3.8) is 0 Å². The molecule has 1 aliphatic rings. The molecule has 0 bridgehead atoms. The van der Waals surface area contributed by atoms with Gasteiger partial charge in [0.25, 0.3) is 0 Å². The fraction of sp³-hybridized carbons (Fsp3) is 0.688. The van der Waals surface area contributed by atoms with Crippen LogP contribution in [0.15, 0.2) is 17.5 Å². The Labute approximate surface area is 131 Å². The summed E-state index contributed by atoms with van der Waals surface area (Å²) in [6, 6.07) is 4.07. The minimum absolute atomic E-state index is 0.0829. The fourth-order valence-corrected chi connectivity index (χ4v) is 3.87. The number of nitrogens with zero attached hydrogens (tertiary/aromatic N) is 1. The van der Waals surface area contributed by atoms with Crippen molar-refractivity contribution in [3.8, 4) is 0 Å². The van der Waals surface area contributed by atoms with Crippen LogP contribution in [0.25, 0.3) is 0 Å². The lowest BCUT2D eigenvalue weighted by molar-refractivity contribution is -0.140. The zero-order chi connectivity index (χ0) is 15.3. The number of nitrogens with two attached hydrogens (primary N) is 1. The highest BCUT2D eigenvalue weighted by molar-refractivity contribution is 7.09. The molecule has 4 nitrogen and oxygen atoms in total. The zero-order valence-corrected chi connectivity index (χ0v) is 13.8. The largest absolute Gasteiger partial charge is 0.383 e. The van der Waals surface area contributed by atoms with Crippen LogP contribution in [0, 0.1) is 5.92 Å². The van der Waals surface area contributed by atoms with Gasteiger partial charge in [-0.1, -0.05) is 25.8 Å². The molecule has 1 aliphatic carbocycles. The Morgan fingerprint density at radius 2 is 2.43 bits per heavy atom. The van der Waals surface area contributed by atoms with Crippen LogP contribution in [-0.4, -0.2) is 36.6 Å². The molecule has 1 fully saturated rings. The number of carbonyl (C=O) groups is 1.